The number of aromatic nitrogens is 1. The van der Waals surface area contributed by atoms with E-state index in [1.54, 1.807) is 23.1 Å². The van der Waals surface area contributed by atoms with Crippen LogP contribution < -0.4 is 4.90 Å². The number of nitrogens with zero attached hydrogens (tertiary/aromatic N) is 4. The number of hydrogen-bond acceptors (Lipinski definition) is 4. The predicted octanol–water partition coefficient (Wildman–Crippen LogP) is 2.83. The minimum atomic E-state index is -0.135. The molecule has 3 rings (SSSR count). The van der Waals surface area contributed by atoms with Crippen LogP contribution in [-0.4, -0.2) is 65.9 Å². The van der Waals surface area contributed by atoms with Gasteiger partial charge in [-0.15, -0.1) is 0 Å². The third kappa shape index (κ3) is 4.32. The molecule has 0 N–H and O–H groups in total. The maximum Gasteiger partial charge on any atom is 0.272 e. The third-order valence-electron chi connectivity index (χ3n) is 5.17. The summed E-state index contributed by atoms with van der Waals surface area (Å²) in [5.74, 6) is -0.248. The van der Waals surface area contributed by atoms with E-state index in [-0.39, 0.29) is 11.8 Å². The molecule has 0 aliphatic carbocycles. The zero-order chi connectivity index (χ0) is 20.1. The number of piperazine rings is 1. The molecule has 0 atom stereocenters. The smallest absolute Gasteiger partial charge is 0.272 e. The molecule has 0 radical (unpaired) electrons. The molecule has 1 fully saturated rings. The third-order valence-corrected chi connectivity index (χ3v) is 5.17. The van der Waals surface area contributed by atoms with Gasteiger partial charge in [-0.2, -0.15) is 0 Å². The van der Waals surface area contributed by atoms with Crippen molar-refractivity contribution in [3.05, 3.63) is 59.4 Å². The second-order valence-corrected chi connectivity index (χ2v) is 7.00. The summed E-state index contributed by atoms with van der Waals surface area (Å²) in [6.45, 7) is 10.0. The Morgan fingerprint density at radius 3 is 2.25 bits per heavy atom. The summed E-state index contributed by atoms with van der Waals surface area (Å²) in [5, 5.41) is 0. The first-order chi connectivity index (χ1) is 13.5. The van der Waals surface area contributed by atoms with E-state index in [9.17, 15) is 9.59 Å². The van der Waals surface area contributed by atoms with Crippen LogP contribution in [0.1, 0.15) is 40.4 Å². The number of anilines is 1. The molecule has 0 spiro atoms. The van der Waals surface area contributed by atoms with Crippen LogP contribution in [0.2, 0.25) is 0 Å². The Balaban J connectivity index is 1.67. The molecule has 1 aliphatic heterocycles. The number of aryl methyl sites for hydroxylation is 1. The SMILES string of the molecule is CCN(CC)C(=O)c1cccc(C(=O)N2CCN(c3cccc(C)c3)CC2)n1. The van der Waals surface area contributed by atoms with Gasteiger partial charge in [0.1, 0.15) is 11.4 Å². The monoisotopic (exact) mass is 380 g/mol. The molecule has 1 aromatic carbocycles. The van der Waals surface area contributed by atoms with Crippen molar-refractivity contribution < 1.29 is 9.59 Å². The van der Waals surface area contributed by atoms with Crippen molar-refractivity contribution >= 4 is 17.5 Å². The standard InChI is InChI=1S/C22H28N4O2/c1-4-24(5-2)21(27)19-10-7-11-20(23-19)22(28)26-14-12-25(13-15-26)18-9-6-8-17(3)16-18/h6-11,16H,4-5,12-15H2,1-3H3. The highest BCUT2D eigenvalue weighted by Gasteiger charge is 2.24. The highest BCUT2D eigenvalue weighted by Crippen LogP contribution is 2.18. The molecule has 0 bridgehead atoms. The molecule has 1 aromatic heterocycles. The van der Waals surface area contributed by atoms with E-state index in [0.717, 1.165) is 13.1 Å². The summed E-state index contributed by atoms with van der Waals surface area (Å²) < 4.78 is 0. The zero-order valence-electron chi connectivity index (χ0n) is 16.9. The molecule has 0 unspecified atom stereocenters. The lowest BCUT2D eigenvalue weighted by molar-refractivity contribution is 0.0739. The van der Waals surface area contributed by atoms with E-state index in [4.69, 9.17) is 0 Å². The topological polar surface area (TPSA) is 56.8 Å². The van der Waals surface area contributed by atoms with Gasteiger partial charge in [0.2, 0.25) is 0 Å². The molecule has 1 aliphatic rings. The molecule has 2 amide bonds. The van der Waals surface area contributed by atoms with Crippen molar-refractivity contribution in [1.82, 2.24) is 14.8 Å². The average Bonchev–Trinajstić information content (AvgIpc) is 2.74. The van der Waals surface area contributed by atoms with Crippen LogP contribution in [-0.2, 0) is 0 Å². The van der Waals surface area contributed by atoms with Crippen molar-refractivity contribution in [3.63, 3.8) is 0 Å². The van der Waals surface area contributed by atoms with Gasteiger partial charge in [-0.3, -0.25) is 9.59 Å². The Bertz CT molecular complexity index is 840. The van der Waals surface area contributed by atoms with E-state index in [1.807, 2.05) is 18.7 Å². The summed E-state index contributed by atoms with van der Waals surface area (Å²) >= 11 is 0. The van der Waals surface area contributed by atoms with Crippen LogP contribution >= 0.6 is 0 Å². The Morgan fingerprint density at radius 2 is 1.61 bits per heavy atom. The number of rotatable bonds is 5. The number of hydrogen-bond donors (Lipinski definition) is 0. The molecule has 1 saturated heterocycles. The zero-order valence-corrected chi connectivity index (χ0v) is 16.9. The molecule has 2 aromatic rings. The highest BCUT2D eigenvalue weighted by molar-refractivity contribution is 5.96. The molecule has 28 heavy (non-hydrogen) atoms. The van der Waals surface area contributed by atoms with E-state index in [0.29, 0.717) is 37.6 Å². The van der Waals surface area contributed by atoms with E-state index >= 15 is 0 Å². The summed E-state index contributed by atoms with van der Waals surface area (Å²) in [6, 6.07) is 13.5. The molecular formula is C22H28N4O2. The van der Waals surface area contributed by atoms with Gasteiger partial charge < -0.3 is 14.7 Å². The van der Waals surface area contributed by atoms with Gasteiger partial charge in [-0.05, 0) is 50.6 Å². The molecular weight excluding hydrogens is 352 g/mol. The first-order valence-electron chi connectivity index (χ1n) is 9.90. The van der Waals surface area contributed by atoms with E-state index in [2.05, 4.69) is 41.1 Å². The van der Waals surface area contributed by atoms with Crippen LogP contribution in [0.5, 0.6) is 0 Å². The summed E-state index contributed by atoms with van der Waals surface area (Å²) in [5.41, 5.74) is 3.09. The van der Waals surface area contributed by atoms with Crippen LogP contribution in [0, 0.1) is 6.92 Å². The van der Waals surface area contributed by atoms with Gasteiger partial charge in [0.15, 0.2) is 0 Å². The Labute approximate surface area is 166 Å². The molecule has 0 saturated carbocycles. The average molecular weight is 380 g/mol. The largest absolute Gasteiger partial charge is 0.368 e. The Kier molecular flexibility index (Phi) is 6.29. The summed E-state index contributed by atoms with van der Waals surface area (Å²) in [7, 11) is 0. The van der Waals surface area contributed by atoms with Gasteiger partial charge >= 0.3 is 0 Å². The lowest BCUT2D eigenvalue weighted by Gasteiger charge is -2.36. The fourth-order valence-electron chi connectivity index (χ4n) is 3.50. The first-order valence-corrected chi connectivity index (χ1v) is 9.90. The van der Waals surface area contributed by atoms with Gasteiger partial charge in [0, 0.05) is 45.0 Å². The quantitative estimate of drug-likeness (QED) is 0.800. The van der Waals surface area contributed by atoms with Gasteiger partial charge in [-0.25, -0.2) is 4.98 Å². The second kappa shape index (κ2) is 8.87. The van der Waals surface area contributed by atoms with Gasteiger partial charge in [-0.1, -0.05) is 18.2 Å². The fourth-order valence-corrected chi connectivity index (χ4v) is 3.50. The maximum atomic E-state index is 12.9. The first kappa shape index (κ1) is 19.9. The second-order valence-electron chi connectivity index (χ2n) is 7.00. The number of amides is 2. The lowest BCUT2D eigenvalue weighted by atomic mass is 10.2. The fraction of sp³-hybridized carbons (Fsp3) is 0.409. The Morgan fingerprint density at radius 1 is 0.964 bits per heavy atom. The number of benzene rings is 1. The predicted molar refractivity (Wildman–Crippen MR) is 111 cm³/mol. The Hall–Kier alpha value is -2.89. The number of carbonyl (C=O) groups is 2. The molecule has 6 nitrogen and oxygen atoms in total. The number of carbonyl (C=O) groups excluding carboxylic acids is 2. The van der Waals surface area contributed by atoms with Crippen LogP contribution in [0.4, 0.5) is 5.69 Å². The van der Waals surface area contributed by atoms with Gasteiger partial charge in [0.25, 0.3) is 11.8 Å². The molecule has 148 valence electrons. The van der Waals surface area contributed by atoms with E-state index in [1.165, 1.54) is 11.3 Å². The summed E-state index contributed by atoms with van der Waals surface area (Å²) in [4.78, 5) is 35.6. The van der Waals surface area contributed by atoms with Crippen molar-refractivity contribution in [3.8, 4) is 0 Å². The molecule has 2 heterocycles. The minimum absolute atomic E-state index is 0.113. The maximum absolute atomic E-state index is 12.9. The van der Waals surface area contributed by atoms with Crippen LogP contribution in [0.3, 0.4) is 0 Å². The van der Waals surface area contributed by atoms with Crippen molar-refractivity contribution in [2.45, 2.75) is 20.8 Å². The van der Waals surface area contributed by atoms with Crippen LogP contribution in [0.25, 0.3) is 0 Å². The molecule has 6 heteroatoms. The number of pyridine rings is 1. The highest BCUT2D eigenvalue weighted by atomic mass is 16.2. The lowest BCUT2D eigenvalue weighted by Crippen LogP contribution is -2.49. The normalized spacial score (nSPS) is 14.1. The van der Waals surface area contributed by atoms with Crippen LogP contribution in [0.15, 0.2) is 42.5 Å². The summed E-state index contributed by atoms with van der Waals surface area (Å²) in [6.07, 6.45) is 0. The van der Waals surface area contributed by atoms with Gasteiger partial charge in [0.05, 0.1) is 0 Å². The van der Waals surface area contributed by atoms with Crippen molar-refractivity contribution in [1.29, 1.82) is 0 Å². The van der Waals surface area contributed by atoms with E-state index < -0.39 is 0 Å². The minimum Gasteiger partial charge on any atom is -0.368 e. The van der Waals surface area contributed by atoms with Crippen molar-refractivity contribution in [2.75, 3.05) is 44.2 Å². The van der Waals surface area contributed by atoms with Crippen molar-refractivity contribution in [2.24, 2.45) is 0 Å².